The highest BCUT2D eigenvalue weighted by Crippen LogP contribution is 2.15. The Balaban J connectivity index is 2.45. The van der Waals surface area contributed by atoms with E-state index in [4.69, 9.17) is 9.47 Å². The topological polar surface area (TPSA) is 93.7 Å². The normalized spacial score (nSPS) is 11.5. The standard InChI is InChI=1S/C16H26N2O5S/c1-13(2)8-9-17-16(19)12-23-14-4-6-15(7-5-14)24(20,21)18-10-11-22-3/h4-7,13,18H,8-12H2,1-3H3,(H,17,19). The quantitative estimate of drug-likeness (QED) is 0.579. The summed E-state index contributed by atoms with van der Waals surface area (Å²) < 4.78 is 36.5. The van der Waals surface area contributed by atoms with Crippen LogP contribution in [0.5, 0.6) is 5.75 Å². The predicted octanol–water partition coefficient (Wildman–Crippen LogP) is 1.15. The molecule has 136 valence electrons. The highest BCUT2D eigenvalue weighted by atomic mass is 32.2. The van der Waals surface area contributed by atoms with Gasteiger partial charge < -0.3 is 14.8 Å². The highest BCUT2D eigenvalue weighted by molar-refractivity contribution is 7.89. The molecule has 2 N–H and O–H groups in total. The minimum absolute atomic E-state index is 0.101. The van der Waals surface area contributed by atoms with E-state index in [-0.39, 0.29) is 24.0 Å². The smallest absolute Gasteiger partial charge is 0.257 e. The van der Waals surface area contributed by atoms with Crippen LogP contribution in [0.3, 0.4) is 0 Å². The van der Waals surface area contributed by atoms with E-state index in [0.29, 0.717) is 24.8 Å². The Morgan fingerprint density at radius 1 is 1.17 bits per heavy atom. The molecule has 0 unspecified atom stereocenters. The van der Waals surface area contributed by atoms with E-state index in [1.54, 1.807) is 0 Å². The number of hydrogen-bond acceptors (Lipinski definition) is 5. The van der Waals surface area contributed by atoms with Crippen LogP contribution in [0.2, 0.25) is 0 Å². The van der Waals surface area contributed by atoms with E-state index < -0.39 is 10.0 Å². The average molecular weight is 358 g/mol. The van der Waals surface area contributed by atoms with Crippen LogP contribution in [0.1, 0.15) is 20.3 Å². The monoisotopic (exact) mass is 358 g/mol. The number of methoxy groups -OCH3 is 1. The second kappa shape index (κ2) is 10.3. The number of benzene rings is 1. The molecular formula is C16H26N2O5S. The van der Waals surface area contributed by atoms with Crippen molar-refractivity contribution in [2.75, 3.05) is 33.4 Å². The summed E-state index contributed by atoms with van der Waals surface area (Å²) in [4.78, 5) is 11.7. The van der Waals surface area contributed by atoms with Gasteiger partial charge in [-0.3, -0.25) is 4.79 Å². The van der Waals surface area contributed by atoms with Gasteiger partial charge in [-0.05, 0) is 36.6 Å². The Morgan fingerprint density at radius 3 is 2.42 bits per heavy atom. The molecule has 0 saturated carbocycles. The van der Waals surface area contributed by atoms with Gasteiger partial charge in [-0.15, -0.1) is 0 Å². The van der Waals surface area contributed by atoms with Crippen molar-refractivity contribution in [1.29, 1.82) is 0 Å². The zero-order chi connectivity index (χ0) is 18.0. The molecule has 0 aliphatic heterocycles. The Bertz CT molecular complexity index is 599. The van der Waals surface area contributed by atoms with E-state index in [1.165, 1.54) is 31.4 Å². The van der Waals surface area contributed by atoms with Crippen LogP contribution < -0.4 is 14.8 Å². The number of carbonyl (C=O) groups is 1. The second-order valence-electron chi connectivity index (χ2n) is 5.68. The lowest BCUT2D eigenvalue weighted by Gasteiger charge is -2.10. The number of nitrogens with one attached hydrogen (secondary N) is 2. The number of ether oxygens (including phenoxy) is 2. The van der Waals surface area contributed by atoms with Crippen molar-refractivity contribution in [3.63, 3.8) is 0 Å². The van der Waals surface area contributed by atoms with Gasteiger partial charge in [-0.25, -0.2) is 13.1 Å². The third-order valence-corrected chi connectivity index (χ3v) is 4.62. The van der Waals surface area contributed by atoms with Crippen LogP contribution in [-0.4, -0.2) is 47.7 Å². The van der Waals surface area contributed by atoms with Crippen LogP contribution in [0.15, 0.2) is 29.2 Å². The van der Waals surface area contributed by atoms with Crippen LogP contribution >= 0.6 is 0 Å². The molecule has 1 amide bonds. The first-order chi connectivity index (χ1) is 11.3. The molecule has 0 aromatic heterocycles. The fraction of sp³-hybridized carbons (Fsp3) is 0.562. The van der Waals surface area contributed by atoms with Crippen LogP contribution in [0.4, 0.5) is 0 Å². The highest BCUT2D eigenvalue weighted by Gasteiger charge is 2.13. The Morgan fingerprint density at radius 2 is 1.83 bits per heavy atom. The van der Waals surface area contributed by atoms with Gasteiger partial charge in [0, 0.05) is 20.2 Å². The first kappa shape index (κ1) is 20.4. The maximum absolute atomic E-state index is 12.0. The molecule has 1 aromatic rings. The fourth-order valence-electron chi connectivity index (χ4n) is 1.78. The van der Waals surface area contributed by atoms with Crippen molar-refractivity contribution in [2.45, 2.75) is 25.2 Å². The van der Waals surface area contributed by atoms with E-state index in [1.807, 2.05) is 0 Å². The number of hydrogen-bond donors (Lipinski definition) is 2. The minimum atomic E-state index is -3.57. The minimum Gasteiger partial charge on any atom is -0.484 e. The predicted molar refractivity (Wildman–Crippen MR) is 91.5 cm³/mol. The van der Waals surface area contributed by atoms with Gasteiger partial charge in [0.05, 0.1) is 11.5 Å². The molecule has 0 radical (unpaired) electrons. The zero-order valence-electron chi connectivity index (χ0n) is 14.4. The average Bonchev–Trinajstić information content (AvgIpc) is 2.53. The lowest BCUT2D eigenvalue weighted by atomic mass is 10.1. The summed E-state index contributed by atoms with van der Waals surface area (Å²) in [6, 6.07) is 5.90. The first-order valence-electron chi connectivity index (χ1n) is 7.83. The molecule has 1 aromatic carbocycles. The largest absolute Gasteiger partial charge is 0.484 e. The molecule has 0 fully saturated rings. The van der Waals surface area contributed by atoms with E-state index in [2.05, 4.69) is 23.9 Å². The Kier molecular flexibility index (Phi) is 8.73. The van der Waals surface area contributed by atoms with Gasteiger partial charge >= 0.3 is 0 Å². The van der Waals surface area contributed by atoms with E-state index in [9.17, 15) is 13.2 Å². The first-order valence-corrected chi connectivity index (χ1v) is 9.31. The molecule has 0 atom stereocenters. The van der Waals surface area contributed by atoms with Crippen molar-refractivity contribution >= 4 is 15.9 Å². The third kappa shape index (κ3) is 7.76. The Hall–Kier alpha value is -1.64. The number of sulfonamides is 1. The summed E-state index contributed by atoms with van der Waals surface area (Å²) in [5.41, 5.74) is 0. The summed E-state index contributed by atoms with van der Waals surface area (Å²) in [5.74, 6) is 0.761. The molecule has 0 aliphatic carbocycles. The SMILES string of the molecule is COCCNS(=O)(=O)c1ccc(OCC(=O)NCCC(C)C)cc1. The summed E-state index contributed by atoms with van der Waals surface area (Å²) in [6.07, 6.45) is 0.911. The molecule has 0 aliphatic rings. The molecule has 7 nitrogen and oxygen atoms in total. The lowest BCUT2D eigenvalue weighted by Crippen LogP contribution is -2.30. The summed E-state index contributed by atoms with van der Waals surface area (Å²) in [7, 11) is -2.07. The number of amides is 1. The van der Waals surface area contributed by atoms with Gasteiger partial charge in [-0.2, -0.15) is 0 Å². The van der Waals surface area contributed by atoms with Gasteiger partial charge in [-0.1, -0.05) is 13.8 Å². The third-order valence-electron chi connectivity index (χ3n) is 3.15. The molecular weight excluding hydrogens is 332 g/mol. The summed E-state index contributed by atoms with van der Waals surface area (Å²) >= 11 is 0. The molecule has 0 bridgehead atoms. The van der Waals surface area contributed by atoms with Gasteiger partial charge in [0.1, 0.15) is 5.75 Å². The van der Waals surface area contributed by atoms with E-state index >= 15 is 0 Å². The molecule has 24 heavy (non-hydrogen) atoms. The Labute approximate surface area is 143 Å². The molecule has 8 heteroatoms. The number of rotatable bonds is 11. The van der Waals surface area contributed by atoms with Gasteiger partial charge in [0.2, 0.25) is 10.0 Å². The van der Waals surface area contributed by atoms with Crippen molar-refractivity contribution < 1.29 is 22.7 Å². The van der Waals surface area contributed by atoms with E-state index in [0.717, 1.165) is 6.42 Å². The maximum Gasteiger partial charge on any atom is 0.257 e. The van der Waals surface area contributed by atoms with Crippen molar-refractivity contribution in [3.05, 3.63) is 24.3 Å². The number of carbonyl (C=O) groups excluding carboxylic acids is 1. The molecule has 1 rings (SSSR count). The summed E-state index contributed by atoms with van der Waals surface area (Å²) in [5, 5.41) is 2.77. The molecule has 0 heterocycles. The maximum atomic E-state index is 12.0. The van der Waals surface area contributed by atoms with Crippen molar-refractivity contribution in [3.8, 4) is 5.75 Å². The van der Waals surface area contributed by atoms with Crippen LogP contribution in [0.25, 0.3) is 0 Å². The van der Waals surface area contributed by atoms with Gasteiger partial charge in [0.15, 0.2) is 6.61 Å². The van der Waals surface area contributed by atoms with Crippen molar-refractivity contribution in [1.82, 2.24) is 10.0 Å². The van der Waals surface area contributed by atoms with Crippen LogP contribution in [0, 0.1) is 5.92 Å². The van der Waals surface area contributed by atoms with Crippen molar-refractivity contribution in [2.24, 2.45) is 5.92 Å². The summed E-state index contributed by atoms with van der Waals surface area (Å²) in [6.45, 7) is 5.19. The molecule has 0 saturated heterocycles. The van der Waals surface area contributed by atoms with Gasteiger partial charge in [0.25, 0.3) is 5.91 Å². The van der Waals surface area contributed by atoms with Crippen LogP contribution in [-0.2, 0) is 19.6 Å². The second-order valence-corrected chi connectivity index (χ2v) is 7.45. The molecule has 0 spiro atoms. The zero-order valence-corrected chi connectivity index (χ0v) is 15.2. The fourth-order valence-corrected chi connectivity index (χ4v) is 2.79. The lowest BCUT2D eigenvalue weighted by molar-refractivity contribution is -0.123.